The molecule has 0 spiro atoms. The molecule has 1 aromatic carbocycles. The van der Waals surface area contributed by atoms with Gasteiger partial charge >= 0.3 is 0 Å². The Morgan fingerprint density at radius 1 is 1.37 bits per heavy atom. The fraction of sp³-hybridized carbons (Fsp3) is 0.533. The molecule has 1 aliphatic rings. The monoisotopic (exact) mass is 263 g/mol. The minimum absolute atomic E-state index is 0.0266. The first-order valence-electron chi connectivity index (χ1n) is 6.61. The van der Waals surface area contributed by atoms with Gasteiger partial charge in [-0.2, -0.15) is 0 Å². The van der Waals surface area contributed by atoms with Crippen molar-refractivity contribution in [3.8, 4) is 0 Å². The van der Waals surface area contributed by atoms with Gasteiger partial charge in [0.05, 0.1) is 31.3 Å². The number of nitrogens with one attached hydrogen (secondary N) is 1. The average molecular weight is 263 g/mol. The highest BCUT2D eigenvalue weighted by atomic mass is 16.5. The molecule has 4 nitrogen and oxygen atoms in total. The van der Waals surface area contributed by atoms with Crippen molar-refractivity contribution in [1.82, 2.24) is 5.32 Å². The Morgan fingerprint density at radius 3 is 2.63 bits per heavy atom. The van der Waals surface area contributed by atoms with E-state index in [1.807, 2.05) is 44.2 Å². The smallest absolute Gasteiger partial charge is 0.228 e. The van der Waals surface area contributed by atoms with Crippen molar-refractivity contribution in [3.63, 3.8) is 0 Å². The first-order valence-corrected chi connectivity index (χ1v) is 6.61. The number of amides is 1. The molecule has 3 atom stereocenters. The first-order chi connectivity index (χ1) is 9.08. The van der Waals surface area contributed by atoms with Gasteiger partial charge in [0, 0.05) is 0 Å². The number of benzene rings is 1. The lowest BCUT2D eigenvalue weighted by atomic mass is 9.78. The maximum Gasteiger partial charge on any atom is 0.228 e. The van der Waals surface area contributed by atoms with E-state index in [0.29, 0.717) is 13.2 Å². The van der Waals surface area contributed by atoms with Gasteiger partial charge in [-0.3, -0.25) is 4.79 Å². The molecule has 1 heterocycles. The van der Waals surface area contributed by atoms with Crippen LogP contribution in [-0.4, -0.2) is 30.3 Å². The van der Waals surface area contributed by atoms with E-state index in [-0.39, 0.29) is 24.5 Å². The largest absolute Gasteiger partial charge is 0.394 e. The Labute approximate surface area is 113 Å². The topological polar surface area (TPSA) is 58.6 Å². The van der Waals surface area contributed by atoms with Crippen LogP contribution in [0.25, 0.3) is 0 Å². The maximum atomic E-state index is 12.0. The molecule has 0 radical (unpaired) electrons. The normalized spacial score (nSPS) is 30.4. The van der Waals surface area contributed by atoms with Gasteiger partial charge in [0.2, 0.25) is 5.91 Å². The first kappa shape index (κ1) is 14.0. The highest BCUT2D eigenvalue weighted by molar-refractivity contribution is 5.85. The van der Waals surface area contributed by atoms with Crippen LogP contribution in [0.4, 0.5) is 0 Å². The Bertz CT molecular complexity index is 434. The molecule has 0 bridgehead atoms. The second-order valence-electron chi connectivity index (χ2n) is 5.45. The van der Waals surface area contributed by atoms with Gasteiger partial charge in [0.1, 0.15) is 0 Å². The van der Waals surface area contributed by atoms with E-state index in [4.69, 9.17) is 4.74 Å². The number of hydrogen-bond acceptors (Lipinski definition) is 3. The van der Waals surface area contributed by atoms with Gasteiger partial charge in [-0.25, -0.2) is 0 Å². The van der Waals surface area contributed by atoms with Crippen molar-refractivity contribution in [2.75, 3.05) is 13.2 Å². The fourth-order valence-electron chi connectivity index (χ4n) is 2.46. The van der Waals surface area contributed by atoms with E-state index in [1.165, 1.54) is 0 Å². The molecule has 104 valence electrons. The summed E-state index contributed by atoms with van der Waals surface area (Å²) in [6.45, 7) is 4.71. The third-order valence-corrected chi connectivity index (χ3v) is 4.15. The third kappa shape index (κ3) is 2.80. The van der Waals surface area contributed by atoms with Gasteiger partial charge in [-0.1, -0.05) is 37.3 Å². The van der Waals surface area contributed by atoms with Crippen LogP contribution in [0, 0.1) is 11.3 Å². The van der Waals surface area contributed by atoms with Crippen molar-refractivity contribution in [1.29, 1.82) is 0 Å². The van der Waals surface area contributed by atoms with E-state index in [1.54, 1.807) is 0 Å². The molecule has 0 saturated carbocycles. The highest BCUT2D eigenvalue weighted by Crippen LogP contribution is 2.36. The predicted octanol–water partition coefficient (Wildman–Crippen LogP) is 1.34. The quantitative estimate of drug-likeness (QED) is 0.842. The lowest BCUT2D eigenvalue weighted by molar-refractivity contribution is -0.131. The number of rotatable bonds is 5. The molecule has 2 N–H and O–H groups in total. The van der Waals surface area contributed by atoms with Gasteiger partial charge in [-0.15, -0.1) is 0 Å². The number of aliphatic hydroxyl groups excluding tert-OH is 1. The molecule has 0 aliphatic carbocycles. The molecule has 3 unspecified atom stereocenters. The zero-order valence-electron chi connectivity index (χ0n) is 11.4. The number of ether oxygens (including phenoxy) is 1. The summed E-state index contributed by atoms with van der Waals surface area (Å²) < 4.78 is 5.70. The SMILES string of the molecule is CC1C(CO)NC(=O)C1(C)COCc1ccccc1. The number of carbonyl (C=O) groups excluding carboxylic acids is 1. The fourth-order valence-corrected chi connectivity index (χ4v) is 2.46. The minimum atomic E-state index is -0.567. The maximum absolute atomic E-state index is 12.0. The second kappa shape index (κ2) is 5.72. The number of aliphatic hydroxyl groups is 1. The molecule has 4 heteroatoms. The highest BCUT2D eigenvalue weighted by Gasteiger charge is 2.49. The van der Waals surface area contributed by atoms with Crippen LogP contribution in [0.5, 0.6) is 0 Å². The van der Waals surface area contributed by atoms with Gasteiger partial charge in [0.25, 0.3) is 0 Å². The standard InChI is InChI=1S/C15H21NO3/c1-11-13(8-17)16-14(18)15(11,2)10-19-9-12-6-4-3-5-7-12/h3-7,11,13,17H,8-10H2,1-2H3,(H,16,18). The molecule has 2 rings (SSSR count). The van der Waals surface area contributed by atoms with Crippen LogP contribution in [0.1, 0.15) is 19.4 Å². The Kier molecular flexibility index (Phi) is 4.22. The van der Waals surface area contributed by atoms with Crippen molar-refractivity contribution >= 4 is 5.91 Å². The summed E-state index contributed by atoms with van der Waals surface area (Å²) in [6, 6.07) is 9.72. The lowest BCUT2D eigenvalue weighted by Gasteiger charge is -2.27. The Balaban J connectivity index is 1.93. The Hall–Kier alpha value is -1.39. The van der Waals surface area contributed by atoms with Gasteiger partial charge in [0.15, 0.2) is 0 Å². The van der Waals surface area contributed by atoms with Crippen LogP contribution in [-0.2, 0) is 16.1 Å². The van der Waals surface area contributed by atoms with Crippen molar-refractivity contribution in [3.05, 3.63) is 35.9 Å². The summed E-state index contributed by atoms with van der Waals surface area (Å²) in [6.07, 6.45) is 0. The molecule has 1 amide bonds. The summed E-state index contributed by atoms with van der Waals surface area (Å²) in [7, 11) is 0. The summed E-state index contributed by atoms with van der Waals surface area (Å²) >= 11 is 0. The van der Waals surface area contributed by atoms with Crippen LogP contribution < -0.4 is 5.32 Å². The molecule has 1 fully saturated rings. The molecule has 1 saturated heterocycles. The lowest BCUT2D eigenvalue weighted by Crippen LogP contribution is -2.35. The predicted molar refractivity (Wildman–Crippen MR) is 72.4 cm³/mol. The van der Waals surface area contributed by atoms with Gasteiger partial charge in [-0.05, 0) is 18.4 Å². The van der Waals surface area contributed by atoms with Crippen LogP contribution in [0.2, 0.25) is 0 Å². The molecule has 1 aliphatic heterocycles. The Morgan fingerprint density at radius 2 is 2.05 bits per heavy atom. The summed E-state index contributed by atoms with van der Waals surface area (Å²) in [4.78, 5) is 12.0. The van der Waals surface area contributed by atoms with Crippen LogP contribution in [0.3, 0.4) is 0 Å². The molecule has 1 aromatic rings. The molecule has 0 aromatic heterocycles. The number of hydrogen-bond donors (Lipinski definition) is 2. The third-order valence-electron chi connectivity index (χ3n) is 4.15. The van der Waals surface area contributed by atoms with E-state index in [0.717, 1.165) is 5.56 Å². The molecular formula is C15H21NO3. The summed E-state index contributed by atoms with van der Waals surface area (Å²) in [5, 5.41) is 12.1. The average Bonchev–Trinajstić information content (AvgIpc) is 2.64. The number of carbonyl (C=O) groups is 1. The van der Waals surface area contributed by atoms with Crippen LogP contribution >= 0.6 is 0 Å². The molecule has 19 heavy (non-hydrogen) atoms. The van der Waals surface area contributed by atoms with Gasteiger partial charge < -0.3 is 15.2 Å². The molecular weight excluding hydrogens is 242 g/mol. The van der Waals surface area contributed by atoms with Crippen LogP contribution in [0.15, 0.2) is 30.3 Å². The summed E-state index contributed by atoms with van der Waals surface area (Å²) in [5.74, 6) is 0.0212. The zero-order valence-corrected chi connectivity index (χ0v) is 11.4. The van der Waals surface area contributed by atoms with Crippen molar-refractivity contribution in [2.24, 2.45) is 11.3 Å². The minimum Gasteiger partial charge on any atom is -0.394 e. The summed E-state index contributed by atoms with van der Waals surface area (Å²) in [5.41, 5.74) is 0.526. The zero-order chi connectivity index (χ0) is 13.9. The van der Waals surface area contributed by atoms with E-state index >= 15 is 0 Å². The van der Waals surface area contributed by atoms with E-state index in [9.17, 15) is 9.90 Å². The van der Waals surface area contributed by atoms with E-state index in [2.05, 4.69) is 5.32 Å². The second-order valence-corrected chi connectivity index (χ2v) is 5.45. The van der Waals surface area contributed by atoms with E-state index < -0.39 is 5.41 Å². The van der Waals surface area contributed by atoms with Crippen molar-refractivity contribution < 1.29 is 14.6 Å². The van der Waals surface area contributed by atoms with Crippen molar-refractivity contribution in [2.45, 2.75) is 26.5 Å².